The van der Waals surface area contributed by atoms with Crippen molar-refractivity contribution >= 4 is 18.0 Å². The van der Waals surface area contributed by atoms with Crippen molar-refractivity contribution in [3.05, 3.63) is 71.5 Å². The summed E-state index contributed by atoms with van der Waals surface area (Å²) in [5.74, 6) is -2.59. The molecule has 0 aliphatic carbocycles. The first-order valence-electron chi connectivity index (χ1n) is 8.16. The number of rotatable bonds is 8. The van der Waals surface area contributed by atoms with E-state index >= 15 is 0 Å². The fraction of sp³-hybridized carbons (Fsp3) is 0.211. The van der Waals surface area contributed by atoms with Crippen LogP contribution in [0.1, 0.15) is 11.1 Å². The lowest BCUT2D eigenvalue weighted by molar-refractivity contribution is -0.141. The van der Waals surface area contributed by atoms with E-state index in [4.69, 9.17) is 4.74 Å². The average molecular weight is 374 g/mol. The highest BCUT2D eigenvalue weighted by Gasteiger charge is 2.22. The standard InChI is InChI=1S/C19H19FN2O5/c20-15-9-5-4-8-14(15)10-16(18(24)25)22-17(23)11-21-19(26)27-12-13-6-2-1-3-7-13/h1-9,16H,10-12H2,(H,21,26)(H,22,23)(H,24,25)/t16-/m1/s1. The second-order valence-corrected chi connectivity index (χ2v) is 5.67. The summed E-state index contributed by atoms with van der Waals surface area (Å²) >= 11 is 0. The van der Waals surface area contributed by atoms with E-state index in [2.05, 4.69) is 10.6 Å². The van der Waals surface area contributed by atoms with E-state index in [0.29, 0.717) is 0 Å². The Labute approximate surface area is 155 Å². The molecule has 7 nitrogen and oxygen atoms in total. The number of benzene rings is 2. The maximum atomic E-state index is 13.7. The maximum absolute atomic E-state index is 13.7. The van der Waals surface area contributed by atoms with E-state index in [1.807, 2.05) is 6.07 Å². The summed E-state index contributed by atoms with van der Waals surface area (Å²) in [4.78, 5) is 34.8. The number of halogens is 1. The Hall–Kier alpha value is -3.42. The monoisotopic (exact) mass is 374 g/mol. The van der Waals surface area contributed by atoms with Crippen molar-refractivity contribution in [2.75, 3.05) is 6.54 Å². The van der Waals surface area contributed by atoms with Crippen LogP contribution in [-0.2, 0) is 27.4 Å². The predicted octanol–water partition coefficient (Wildman–Crippen LogP) is 1.86. The highest BCUT2D eigenvalue weighted by Crippen LogP contribution is 2.09. The second-order valence-electron chi connectivity index (χ2n) is 5.67. The van der Waals surface area contributed by atoms with Gasteiger partial charge in [0.05, 0.1) is 0 Å². The smallest absolute Gasteiger partial charge is 0.407 e. The van der Waals surface area contributed by atoms with Crippen molar-refractivity contribution in [3.8, 4) is 0 Å². The average Bonchev–Trinajstić information content (AvgIpc) is 2.66. The van der Waals surface area contributed by atoms with Crippen molar-refractivity contribution < 1.29 is 28.6 Å². The summed E-state index contributed by atoms with van der Waals surface area (Å²) in [6.07, 6.45) is -1.03. The molecular weight excluding hydrogens is 355 g/mol. The summed E-state index contributed by atoms with van der Waals surface area (Å²) < 4.78 is 18.6. The molecule has 2 aromatic rings. The molecule has 0 heterocycles. The third kappa shape index (κ3) is 6.77. The molecule has 0 aromatic heterocycles. The molecule has 0 aliphatic rings. The molecule has 8 heteroatoms. The van der Waals surface area contributed by atoms with Crippen molar-refractivity contribution in [2.24, 2.45) is 0 Å². The first kappa shape index (κ1) is 19.9. The van der Waals surface area contributed by atoms with Gasteiger partial charge in [0.1, 0.15) is 25.0 Å². The fourth-order valence-electron chi connectivity index (χ4n) is 2.26. The maximum Gasteiger partial charge on any atom is 0.407 e. The zero-order valence-electron chi connectivity index (χ0n) is 14.4. The first-order chi connectivity index (χ1) is 13.0. The molecule has 0 spiro atoms. The molecule has 0 saturated carbocycles. The molecule has 3 N–H and O–H groups in total. The molecular formula is C19H19FN2O5. The Balaban J connectivity index is 1.79. The molecule has 0 radical (unpaired) electrons. The molecule has 0 saturated heterocycles. The van der Waals surface area contributed by atoms with Crippen LogP contribution in [0.25, 0.3) is 0 Å². The second kappa shape index (κ2) is 9.91. The SMILES string of the molecule is O=C(CNC(=O)OCc1ccccc1)N[C@H](Cc1ccccc1F)C(=O)O. The lowest BCUT2D eigenvalue weighted by atomic mass is 10.1. The molecule has 0 unspecified atom stereocenters. The molecule has 0 bridgehead atoms. The van der Waals surface area contributed by atoms with Gasteiger partial charge in [-0.05, 0) is 17.2 Å². The number of carboxylic acids is 1. The minimum atomic E-state index is -1.32. The third-order valence-corrected chi connectivity index (χ3v) is 3.62. The summed E-state index contributed by atoms with van der Waals surface area (Å²) in [6, 6.07) is 13.4. The minimum Gasteiger partial charge on any atom is -0.480 e. The number of hydrogen-bond donors (Lipinski definition) is 3. The predicted molar refractivity (Wildman–Crippen MR) is 94.3 cm³/mol. The van der Waals surface area contributed by atoms with Crippen LogP contribution in [0.15, 0.2) is 54.6 Å². The fourth-order valence-corrected chi connectivity index (χ4v) is 2.26. The number of amides is 2. The Morgan fingerprint density at radius 1 is 1.04 bits per heavy atom. The van der Waals surface area contributed by atoms with E-state index in [1.165, 1.54) is 18.2 Å². The number of hydrogen-bond acceptors (Lipinski definition) is 4. The molecule has 1 atom stereocenters. The summed E-state index contributed by atoms with van der Waals surface area (Å²) in [5.41, 5.74) is 0.952. The normalized spacial score (nSPS) is 11.3. The van der Waals surface area contributed by atoms with E-state index in [9.17, 15) is 23.9 Å². The molecule has 2 amide bonds. The number of ether oxygens (including phenoxy) is 1. The van der Waals surface area contributed by atoms with Crippen LogP contribution in [0.2, 0.25) is 0 Å². The van der Waals surface area contributed by atoms with Gasteiger partial charge in [-0.1, -0.05) is 48.5 Å². The van der Waals surface area contributed by atoms with Crippen LogP contribution >= 0.6 is 0 Å². The number of carbonyl (C=O) groups is 3. The van der Waals surface area contributed by atoms with Gasteiger partial charge in [0.25, 0.3) is 0 Å². The third-order valence-electron chi connectivity index (χ3n) is 3.62. The van der Waals surface area contributed by atoms with Crippen LogP contribution in [0.3, 0.4) is 0 Å². The van der Waals surface area contributed by atoms with Crippen LogP contribution in [0.5, 0.6) is 0 Å². The number of nitrogens with one attached hydrogen (secondary N) is 2. The van der Waals surface area contributed by atoms with Crippen LogP contribution in [0, 0.1) is 5.82 Å². The quantitative estimate of drug-likeness (QED) is 0.654. The van der Waals surface area contributed by atoms with Gasteiger partial charge >= 0.3 is 12.1 Å². The van der Waals surface area contributed by atoms with Gasteiger partial charge < -0.3 is 20.5 Å². The molecule has 27 heavy (non-hydrogen) atoms. The largest absolute Gasteiger partial charge is 0.480 e. The summed E-state index contributed by atoms with van der Waals surface area (Å²) in [6.45, 7) is -0.423. The van der Waals surface area contributed by atoms with Crippen LogP contribution in [-0.4, -0.2) is 35.7 Å². The highest BCUT2D eigenvalue weighted by atomic mass is 19.1. The Morgan fingerprint density at radius 2 is 1.70 bits per heavy atom. The van der Waals surface area contributed by atoms with E-state index < -0.39 is 36.4 Å². The molecule has 142 valence electrons. The zero-order valence-corrected chi connectivity index (χ0v) is 14.4. The molecule has 2 aromatic carbocycles. The van der Waals surface area contributed by atoms with Crippen LogP contribution < -0.4 is 10.6 Å². The Kier molecular flexibility index (Phi) is 7.30. The summed E-state index contributed by atoms with van der Waals surface area (Å²) in [5, 5.41) is 13.7. The molecule has 2 rings (SSSR count). The lowest BCUT2D eigenvalue weighted by Crippen LogP contribution is -2.46. The molecule has 0 aliphatic heterocycles. The van der Waals surface area contributed by atoms with Gasteiger partial charge in [-0.3, -0.25) is 4.79 Å². The van der Waals surface area contributed by atoms with Crippen molar-refractivity contribution in [2.45, 2.75) is 19.1 Å². The van der Waals surface area contributed by atoms with Gasteiger partial charge in [-0.15, -0.1) is 0 Å². The Bertz CT molecular complexity index is 798. The first-order valence-corrected chi connectivity index (χ1v) is 8.16. The van der Waals surface area contributed by atoms with Gasteiger partial charge in [0.2, 0.25) is 5.91 Å². The number of carbonyl (C=O) groups excluding carboxylic acids is 2. The van der Waals surface area contributed by atoms with E-state index in [1.54, 1.807) is 30.3 Å². The zero-order chi connectivity index (χ0) is 19.6. The van der Waals surface area contributed by atoms with E-state index in [0.717, 1.165) is 5.56 Å². The topological polar surface area (TPSA) is 105 Å². The van der Waals surface area contributed by atoms with Crippen molar-refractivity contribution in [1.29, 1.82) is 0 Å². The molecule has 0 fully saturated rings. The van der Waals surface area contributed by atoms with Gasteiger partial charge in [-0.2, -0.15) is 0 Å². The van der Waals surface area contributed by atoms with Gasteiger partial charge in [-0.25, -0.2) is 14.0 Å². The van der Waals surface area contributed by atoms with E-state index in [-0.39, 0.29) is 18.6 Å². The minimum absolute atomic E-state index is 0.0410. The van der Waals surface area contributed by atoms with Gasteiger partial charge in [0, 0.05) is 6.42 Å². The number of aliphatic carboxylic acids is 1. The van der Waals surface area contributed by atoms with Crippen molar-refractivity contribution in [1.82, 2.24) is 10.6 Å². The lowest BCUT2D eigenvalue weighted by Gasteiger charge is -2.15. The number of alkyl carbamates (subject to hydrolysis) is 1. The number of carboxylic acid groups (broad SMARTS) is 1. The van der Waals surface area contributed by atoms with Crippen LogP contribution in [0.4, 0.5) is 9.18 Å². The highest BCUT2D eigenvalue weighted by molar-refractivity contribution is 5.86. The van der Waals surface area contributed by atoms with Gasteiger partial charge in [0.15, 0.2) is 0 Å². The summed E-state index contributed by atoms with van der Waals surface area (Å²) in [7, 11) is 0. The van der Waals surface area contributed by atoms with Crippen molar-refractivity contribution in [3.63, 3.8) is 0 Å². The Morgan fingerprint density at radius 3 is 2.37 bits per heavy atom.